The Morgan fingerprint density at radius 3 is 2.76 bits per heavy atom. The number of amides is 2. The molecule has 1 heterocycles. The van der Waals surface area contributed by atoms with E-state index in [9.17, 15) is 9.59 Å². The highest BCUT2D eigenvalue weighted by Gasteiger charge is 2.23. The summed E-state index contributed by atoms with van der Waals surface area (Å²) < 4.78 is 11.0. The van der Waals surface area contributed by atoms with Crippen molar-refractivity contribution < 1.29 is 19.1 Å². The summed E-state index contributed by atoms with van der Waals surface area (Å²) in [7, 11) is 0. The SMILES string of the molecule is Cc1ccc(OCCC(=O)Nc2ccc3c(c2)NC(=O)C(C)O3)cc1. The zero-order valence-electron chi connectivity index (χ0n) is 14.2. The number of aryl methyl sites for hydroxylation is 1. The first kappa shape index (κ1) is 16.8. The zero-order valence-corrected chi connectivity index (χ0v) is 14.2. The summed E-state index contributed by atoms with van der Waals surface area (Å²) in [4.78, 5) is 23.7. The fourth-order valence-electron chi connectivity index (χ4n) is 2.41. The number of carbonyl (C=O) groups excluding carboxylic acids is 2. The molecule has 0 radical (unpaired) electrons. The van der Waals surface area contributed by atoms with Gasteiger partial charge in [0, 0.05) is 5.69 Å². The molecule has 0 bridgehead atoms. The second-order valence-electron chi connectivity index (χ2n) is 5.92. The first-order valence-electron chi connectivity index (χ1n) is 8.12. The van der Waals surface area contributed by atoms with E-state index >= 15 is 0 Å². The molecular formula is C19H20N2O4. The fraction of sp³-hybridized carbons (Fsp3) is 0.263. The van der Waals surface area contributed by atoms with Crippen LogP contribution >= 0.6 is 0 Å². The van der Waals surface area contributed by atoms with Gasteiger partial charge in [0.1, 0.15) is 11.5 Å². The van der Waals surface area contributed by atoms with Crippen LogP contribution in [0.1, 0.15) is 18.9 Å². The van der Waals surface area contributed by atoms with Crippen LogP contribution in [0.4, 0.5) is 11.4 Å². The lowest BCUT2D eigenvalue weighted by Gasteiger charge is -2.23. The molecule has 0 aromatic heterocycles. The number of anilines is 2. The highest BCUT2D eigenvalue weighted by molar-refractivity contribution is 5.99. The van der Waals surface area contributed by atoms with Crippen LogP contribution in [0.25, 0.3) is 0 Å². The second-order valence-corrected chi connectivity index (χ2v) is 5.92. The largest absolute Gasteiger partial charge is 0.493 e. The molecule has 1 aliphatic heterocycles. The smallest absolute Gasteiger partial charge is 0.265 e. The van der Waals surface area contributed by atoms with Gasteiger partial charge < -0.3 is 20.1 Å². The van der Waals surface area contributed by atoms with Gasteiger partial charge in [-0.05, 0) is 44.2 Å². The van der Waals surface area contributed by atoms with Gasteiger partial charge in [-0.15, -0.1) is 0 Å². The number of fused-ring (bicyclic) bond motifs is 1. The third kappa shape index (κ3) is 4.29. The van der Waals surface area contributed by atoms with Gasteiger partial charge in [0.15, 0.2) is 6.10 Å². The Morgan fingerprint density at radius 1 is 1.24 bits per heavy atom. The Balaban J connectivity index is 1.52. The lowest BCUT2D eigenvalue weighted by molar-refractivity contribution is -0.122. The van der Waals surface area contributed by atoms with Crippen LogP contribution in [0.5, 0.6) is 11.5 Å². The normalized spacial score (nSPS) is 15.6. The molecule has 2 amide bonds. The van der Waals surface area contributed by atoms with Crippen molar-refractivity contribution in [2.75, 3.05) is 17.2 Å². The average Bonchev–Trinajstić information content (AvgIpc) is 2.58. The third-order valence-corrected chi connectivity index (χ3v) is 3.81. The van der Waals surface area contributed by atoms with Crippen molar-refractivity contribution in [3.05, 3.63) is 48.0 Å². The lowest BCUT2D eigenvalue weighted by Crippen LogP contribution is -2.34. The van der Waals surface area contributed by atoms with Gasteiger partial charge in [0.2, 0.25) is 5.91 Å². The first-order valence-corrected chi connectivity index (χ1v) is 8.12. The molecule has 0 fully saturated rings. The van der Waals surface area contributed by atoms with E-state index in [4.69, 9.17) is 9.47 Å². The van der Waals surface area contributed by atoms with E-state index < -0.39 is 6.10 Å². The Labute approximate surface area is 146 Å². The van der Waals surface area contributed by atoms with Gasteiger partial charge >= 0.3 is 0 Å². The maximum atomic E-state index is 12.0. The summed E-state index contributed by atoms with van der Waals surface area (Å²) in [6.07, 6.45) is -0.294. The number of rotatable bonds is 5. The van der Waals surface area contributed by atoms with Crippen molar-refractivity contribution >= 4 is 23.2 Å². The molecule has 2 aromatic rings. The molecule has 0 aliphatic carbocycles. The molecule has 25 heavy (non-hydrogen) atoms. The first-order chi connectivity index (χ1) is 12.0. The number of hydrogen-bond donors (Lipinski definition) is 2. The number of hydrogen-bond acceptors (Lipinski definition) is 4. The van der Waals surface area contributed by atoms with E-state index in [1.54, 1.807) is 25.1 Å². The highest BCUT2D eigenvalue weighted by atomic mass is 16.5. The number of benzene rings is 2. The molecule has 3 rings (SSSR count). The maximum Gasteiger partial charge on any atom is 0.265 e. The van der Waals surface area contributed by atoms with Crippen LogP contribution in [-0.4, -0.2) is 24.5 Å². The van der Waals surface area contributed by atoms with Crippen molar-refractivity contribution in [3.8, 4) is 11.5 Å². The Bertz CT molecular complexity index is 787. The van der Waals surface area contributed by atoms with Crippen LogP contribution in [0.2, 0.25) is 0 Å². The summed E-state index contributed by atoms with van der Waals surface area (Å²) in [6, 6.07) is 12.8. The van der Waals surface area contributed by atoms with Crippen LogP contribution in [0, 0.1) is 6.92 Å². The van der Waals surface area contributed by atoms with E-state index in [-0.39, 0.29) is 24.8 Å². The van der Waals surface area contributed by atoms with Crippen molar-refractivity contribution in [1.29, 1.82) is 0 Å². The summed E-state index contributed by atoms with van der Waals surface area (Å²) in [5, 5.41) is 5.54. The fourth-order valence-corrected chi connectivity index (χ4v) is 2.41. The Hall–Kier alpha value is -3.02. The van der Waals surface area contributed by atoms with Gasteiger partial charge in [-0.25, -0.2) is 0 Å². The summed E-state index contributed by atoms with van der Waals surface area (Å²) in [6.45, 7) is 3.98. The monoisotopic (exact) mass is 340 g/mol. The third-order valence-electron chi connectivity index (χ3n) is 3.81. The predicted molar refractivity (Wildman–Crippen MR) is 95.1 cm³/mol. The molecule has 6 heteroatoms. The highest BCUT2D eigenvalue weighted by Crippen LogP contribution is 2.32. The molecule has 1 aliphatic rings. The number of nitrogens with one attached hydrogen (secondary N) is 2. The minimum Gasteiger partial charge on any atom is -0.493 e. The standard InChI is InChI=1S/C19H20N2O4/c1-12-3-6-15(7-4-12)24-10-9-18(22)20-14-5-8-17-16(11-14)21-19(23)13(2)25-17/h3-8,11,13H,9-10H2,1-2H3,(H,20,22)(H,21,23). The van der Waals surface area contributed by atoms with Gasteiger partial charge in [-0.2, -0.15) is 0 Å². The minimum absolute atomic E-state index is 0.163. The number of ether oxygens (including phenoxy) is 2. The molecule has 1 atom stereocenters. The van der Waals surface area contributed by atoms with Gasteiger partial charge in [0.05, 0.1) is 18.7 Å². The summed E-state index contributed by atoms with van der Waals surface area (Å²) in [5.41, 5.74) is 2.30. The molecule has 1 unspecified atom stereocenters. The van der Waals surface area contributed by atoms with Crippen molar-refractivity contribution in [2.45, 2.75) is 26.4 Å². The maximum absolute atomic E-state index is 12.0. The Kier molecular flexibility index (Phi) is 4.88. The molecule has 130 valence electrons. The topological polar surface area (TPSA) is 76.7 Å². The average molecular weight is 340 g/mol. The zero-order chi connectivity index (χ0) is 17.8. The summed E-state index contributed by atoms with van der Waals surface area (Å²) in [5.74, 6) is 0.958. The molecule has 2 N–H and O–H groups in total. The molecule has 2 aromatic carbocycles. The van der Waals surface area contributed by atoms with Gasteiger partial charge in [0.25, 0.3) is 5.91 Å². The molecule has 0 spiro atoms. The van der Waals surface area contributed by atoms with Gasteiger partial charge in [-0.3, -0.25) is 9.59 Å². The molecule has 6 nitrogen and oxygen atoms in total. The Morgan fingerprint density at radius 2 is 2.00 bits per heavy atom. The minimum atomic E-state index is -0.521. The van der Waals surface area contributed by atoms with E-state index in [1.165, 1.54) is 0 Å². The van der Waals surface area contributed by atoms with Crippen molar-refractivity contribution in [1.82, 2.24) is 0 Å². The second kappa shape index (κ2) is 7.25. The van der Waals surface area contributed by atoms with Crippen LogP contribution in [0.15, 0.2) is 42.5 Å². The van der Waals surface area contributed by atoms with E-state index in [1.807, 2.05) is 31.2 Å². The van der Waals surface area contributed by atoms with Crippen molar-refractivity contribution in [3.63, 3.8) is 0 Å². The van der Waals surface area contributed by atoms with Crippen LogP contribution in [-0.2, 0) is 9.59 Å². The van der Waals surface area contributed by atoms with Crippen LogP contribution < -0.4 is 20.1 Å². The molecule has 0 saturated carbocycles. The van der Waals surface area contributed by atoms with E-state index in [0.717, 1.165) is 11.3 Å². The van der Waals surface area contributed by atoms with Gasteiger partial charge in [-0.1, -0.05) is 17.7 Å². The molecule has 0 saturated heterocycles. The van der Waals surface area contributed by atoms with E-state index in [0.29, 0.717) is 17.1 Å². The predicted octanol–water partition coefficient (Wildman–Crippen LogP) is 3.12. The number of carbonyl (C=O) groups is 2. The summed E-state index contributed by atoms with van der Waals surface area (Å²) >= 11 is 0. The lowest BCUT2D eigenvalue weighted by atomic mass is 10.2. The van der Waals surface area contributed by atoms with E-state index in [2.05, 4.69) is 10.6 Å². The quantitative estimate of drug-likeness (QED) is 0.877. The van der Waals surface area contributed by atoms with Crippen molar-refractivity contribution in [2.24, 2.45) is 0 Å². The molecular weight excluding hydrogens is 320 g/mol. The van der Waals surface area contributed by atoms with Crippen LogP contribution in [0.3, 0.4) is 0 Å².